The fraction of sp³-hybridized carbons (Fsp3) is 0.647. The zero-order chi connectivity index (χ0) is 14.6. The Morgan fingerprint density at radius 3 is 2.00 bits per heavy atom. The van der Waals surface area contributed by atoms with Crippen LogP contribution in [0.5, 0.6) is 0 Å². The van der Waals surface area contributed by atoms with Gasteiger partial charge in [-0.1, -0.05) is 44.7 Å². The third kappa shape index (κ3) is 6.40. The predicted molar refractivity (Wildman–Crippen MR) is 85.3 cm³/mol. The highest BCUT2D eigenvalue weighted by atomic mass is 16.3. The molecular weight excluding hydrogens is 250 g/mol. The number of benzene rings is 1. The molecule has 20 heavy (non-hydrogen) atoms. The second-order valence-corrected chi connectivity index (χ2v) is 5.26. The maximum absolute atomic E-state index is 9.04. The highest BCUT2D eigenvalue weighted by Crippen LogP contribution is 2.16. The quantitative estimate of drug-likeness (QED) is 0.612. The molecule has 0 heterocycles. The van der Waals surface area contributed by atoms with Crippen LogP contribution in [0, 0.1) is 0 Å². The van der Waals surface area contributed by atoms with E-state index in [1.54, 1.807) is 0 Å². The smallest absolute Gasteiger partial charge is 0.0606 e. The van der Waals surface area contributed by atoms with E-state index in [4.69, 9.17) is 10.2 Å². The molecule has 0 radical (unpaired) electrons. The van der Waals surface area contributed by atoms with Crippen LogP contribution in [-0.2, 0) is 6.42 Å². The summed E-state index contributed by atoms with van der Waals surface area (Å²) in [5.41, 5.74) is 2.45. The van der Waals surface area contributed by atoms with E-state index in [9.17, 15) is 0 Å². The van der Waals surface area contributed by atoms with Gasteiger partial charge in [0, 0.05) is 18.8 Å². The van der Waals surface area contributed by atoms with Gasteiger partial charge in [-0.25, -0.2) is 0 Å². The summed E-state index contributed by atoms with van der Waals surface area (Å²) in [7, 11) is 0. The first-order chi connectivity index (χ1) is 9.81. The van der Waals surface area contributed by atoms with Crippen LogP contribution >= 0.6 is 0 Å². The third-order valence-corrected chi connectivity index (χ3v) is 3.61. The minimum absolute atomic E-state index is 0.110. The summed E-state index contributed by atoms with van der Waals surface area (Å²) >= 11 is 0. The van der Waals surface area contributed by atoms with Crippen LogP contribution in [0.3, 0.4) is 0 Å². The fourth-order valence-corrected chi connectivity index (χ4v) is 2.42. The zero-order valence-corrected chi connectivity index (χ0v) is 12.7. The molecular formula is C17H29NO2. The molecule has 114 valence electrons. The lowest BCUT2D eigenvalue weighted by molar-refractivity contribution is 0.281. The van der Waals surface area contributed by atoms with Crippen molar-refractivity contribution in [2.75, 3.05) is 31.2 Å². The van der Waals surface area contributed by atoms with Gasteiger partial charge < -0.3 is 15.1 Å². The molecule has 0 aliphatic heterocycles. The molecule has 0 fully saturated rings. The largest absolute Gasteiger partial charge is 0.395 e. The van der Waals surface area contributed by atoms with Crippen LogP contribution in [0.2, 0.25) is 0 Å². The summed E-state index contributed by atoms with van der Waals surface area (Å²) in [6.45, 7) is 3.59. The molecule has 1 rings (SSSR count). The van der Waals surface area contributed by atoms with Gasteiger partial charge in [0.05, 0.1) is 13.2 Å². The second-order valence-electron chi connectivity index (χ2n) is 5.26. The Morgan fingerprint density at radius 2 is 1.45 bits per heavy atom. The Kier molecular flexibility index (Phi) is 9.09. The first-order valence-corrected chi connectivity index (χ1v) is 7.87. The van der Waals surface area contributed by atoms with Crippen molar-refractivity contribution < 1.29 is 10.2 Å². The van der Waals surface area contributed by atoms with Crippen molar-refractivity contribution in [3.63, 3.8) is 0 Å². The van der Waals surface area contributed by atoms with Gasteiger partial charge in [-0.3, -0.25) is 0 Å². The van der Waals surface area contributed by atoms with E-state index < -0.39 is 0 Å². The van der Waals surface area contributed by atoms with Crippen molar-refractivity contribution in [3.8, 4) is 0 Å². The van der Waals surface area contributed by atoms with Crippen LogP contribution in [0.15, 0.2) is 24.3 Å². The molecule has 3 nitrogen and oxygen atoms in total. The van der Waals surface area contributed by atoms with Crippen molar-refractivity contribution in [2.45, 2.75) is 45.4 Å². The molecule has 0 saturated heterocycles. The molecule has 0 aliphatic rings. The minimum Gasteiger partial charge on any atom is -0.395 e. The Balaban J connectivity index is 2.41. The van der Waals surface area contributed by atoms with Gasteiger partial charge in [-0.05, 0) is 30.5 Å². The molecule has 0 bridgehead atoms. The van der Waals surface area contributed by atoms with E-state index in [0.29, 0.717) is 13.1 Å². The molecule has 3 heteroatoms. The van der Waals surface area contributed by atoms with Crippen LogP contribution in [0.25, 0.3) is 0 Å². The van der Waals surface area contributed by atoms with Gasteiger partial charge in [0.2, 0.25) is 0 Å². The second kappa shape index (κ2) is 10.7. The van der Waals surface area contributed by atoms with E-state index in [0.717, 1.165) is 12.1 Å². The predicted octanol–water partition coefficient (Wildman–Crippen LogP) is 2.99. The zero-order valence-electron chi connectivity index (χ0n) is 12.7. The molecule has 0 aliphatic carbocycles. The van der Waals surface area contributed by atoms with Crippen molar-refractivity contribution in [1.29, 1.82) is 0 Å². The van der Waals surface area contributed by atoms with E-state index in [2.05, 4.69) is 31.2 Å². The van der Waals surface area contributed by atoms with Crippen LogP contribution < -0.4 is 4.90 Å². The third-order valence-electron chi connectivity index (χ3n) is 3.61. The number of aliphatic hydroxyl groups is 2. The number of unbranched alkanes of at least 4 members (excludes halogenated alkanes) is 4. The number of anilines is 1. The monoisotopic (exact) mass is 279 g/mol. The van der Waals surface area contributed by atoms with Crippen LogP contribution in [0.4, 0.5) is 5.69 Å². The number of aliphatic hydroxyl groups excluding tert-OH is 2. The standard InChI is InChI=1S/C17H29NO2/c1-2-3-4-5-6-7-16-8-10-17(11-9-16)18(12-14-19)13-15-20/h8-11,19-20H,2-7,12-15H2,1H3. The Labute approximate surface area is 123 Å². The summed E-state index contributed by atoms with van der Waals surface area (Å²) in [6.07, 6.45) is 7.70. The van der Waals surface area contributed by atoms with E-state index in [-0.39, 0.29) is 13.2 Å². The number of rotatable bonds is 11. The normalized spacial score (nSPS) is 10.8. The van der Waals surface area contributed by atoms with Gasteiger partial charge in [0.1, 0.15) is 0 Å². The van der Waals surface area contributed by atoms with E-state index in [1.807, 2.05) is 4.90 Å². The first-order valence-electron chi connectivity index (χ1n) is 7.87. The van der Waals surface area contributed by atoms with Crippen LogP contribution in [0.1, 0.15) is 44.6 Å². The van der Waals surface area contributed by atoms with Gasteiger partial charge in [-0.15, -0.1) is 0 Å². The summed E-state index contributed by atoms with van der Waals surface area (Å²) in [5.74, 6) is 0. The molecule has 2 N–H and O–H groups in total. The first kappa shape index (κ1) is 17.0. The van der Waals surface area contributed by atoms with E-state index in [1.165, 1.54) is 37.7 Å². The van der Waals surface area contributed by atoms with Gasteiger partial charge in [0.15, 0.2) is 0 Å². The van der Waals surface area contributed by atoms with Crippen molar-refractivity contribution in [1.82, 2.24) is 0 Å². The van der Waals surface area contributed by atoms with Gasteiger partial charge >= 0.3 is 0 Å². The average molecular weight is 279 g/mol. The number of hydrogen-bond donors (Lipinski definition) is 2. The SMILES string of the molecule is CCCCCCCc1ccc(N(CCO)CCO)cc1. The molecule has 0 saturated carbocycles. The summed E-state index contributed by atoms with van der Waals surface area (Å²) in [5, 5.41) is 18.1. The molecule has 0 unspecified atom stereocenters. The molecule has 0 spiro atoms. The maximum Gasteiger partial charge on any atom is 0.0606 e. The lowest BCUT2D eigenvalue weighted by atomic mass is 10.1. The fourth-order valence-electron chi connectivity index (χ4n) is 2.42. The summed E-state index contributed by atoms with van der Waals surface area (Å²) < 4.78 is 0. The Bertz CT molecular complexity index is 331. The number of aryl methyl sites for hydroxylation is 1. The minimum atomic E-state index is 0.110. The molecule has 0 atom stereocenters. The summed E-state index contributed by atoms with van der Waals surface area (Å²) in [4.78, 5) is 2.00. The average Bonchev–Trinajstić information content (AvgIpc) is 2.47. The van der Waals surface area contributed by atoms with E-state index >= 15 is 0 Å². The number of hydrogen-bond acceptors (Lipinski definition) is 3. The van der Waals surface area contributed by atoms with Crippen LogP contribution in [-0.4, -0.2) is 36.5 Å². The highest BCUT2D eigenvalue weighted by Gasteiger charge is 2.05. The van der Waals surface area contributed by atoms with Gasteiger partial charge in [-0.2, -0.15) is 0 Å². The summed E-state index contributed by atoms with van der Waals surface area (Å²) in [6, 6.07) is 8.51. The molecule has 0 amide bonds. The maximum atomic E-state index is 9.04. The topological polar surface area (TPSA) is 43.7 Å². The molecule has 1 aromatic rings. The molecule has 1 aromatic carbocycles. The lowest BCUT2D eigenvalue weighted by Crippen LogP contribution is -2.29. The Morgan fingerprint density at radius 1 is 0.850 bits per heavy atom. The highest BCUT2D eigenvalue weighted by molar-refractivity contribution is 5.47. The van der Waals surface area contributed by atoms with Gasteiger partial charge in [0.25, 0.3) is 0 Å². The number of nitrogens with zero attached hydrogens (tertiary/aromatic N) is 1. The van der Waals surface area contributed by atoms with Crippen molar-refractivity contribution in [3.05, 3.63) is 29.8 Å². The van der Waals surface area contributed by atoms with Crippen molar-refractivity contribution >= 4 is 5.69 Å². The van der Waals surface area contributed by atoms with Crippen molar-refractivity contribution in [2.24, 2.45) is 0 Å². The Hall–Kier alpha value is -1.06. The lowest BCUT2D eigenvalue weighted by Gasteiger charge is -2.23. The molecule has 0 aromatic heterocycles.